The molecule has 0 N–H and O–H groups in total. The zero-order chi connectivity index (χ0) is 22.4. The molecule has 0 aliphatic carbocycles. The Morgan fingerprint density at radius 1 is 1.07 bits per heavy atom. The molecule has 0 fully saturated rings. The van der Waals surface area contributed by atoms with Gasteiger partial charge in [0.2, 0.25) is 0 Å². The van der Waals surface area contributed by atoms with Crippen molar-refractivity contribution in [3.8, 4) is 0 Å². The van der Waals surface area contributed by atoms with Gasteiger partial charge < -0.3 is 0 Å². The van der Waals surface area contributed by atoms with Crippen LogP contribution in [0.5, 0.6) is 0 Å². The maximum atomic E-state index is 12.9. The van der Waals surface area contributed by atoms with Gasteiger partial charge >= 0.3 is 5.69 Å². The normalized spacial score (nSPS) is 11.8. The number of fused-ring (bicyclic) bond motifs is 1. The number of hydrogen-bond acceptors (Lipinski definition) is 6. The molecule has 1 aromatic carbocycles. The molecule has 0 unspecified atom stereocenters. The average molecular weight is 427 g/mol. The maximum absolute atomic E-state index is 12.9. The molecule has 7 nitrogen and oxygen atoms in total. The molecule has 0 spiro atoms. The predicted molar refractivity (Wildman–Crippen MR) is 120 cm³/mol. The molecule has 2 aromatic heterocycles. The lowest BCUT2D eigenvalue weighted by molar-refractivity contribution is 0.102. The first-order chi connectivity index (χ1) is 13.9. The summed E-state index contributed by atoms with van der Waals surface area (Å²) in [6.07, 6.45) is 0. The molecule has 0 aliphatic heterocycles. The molecule has 2 heterocycles. The van der Waals surface area contributed by atoms with Gasteiger partial charge in [0.1, 0.15) is 16.2 Å². The number of hydrogen-bond donors (Lipinski definition) is 0. The molecular weight excluding hydrogens is 400 g/mol. The predicted octanol–water partition coefficient (Wildman–Crippen LogP) is 2.92. The molecule has 0 amide bonds. The van der Waals surface area contributed by atoms with Crippen molar-refractivity contribution in [1.29, 1.82) is 0 Å². The van der Waals surface area contributed by atoms with Crippen molar-refractivity contribution < 1.29 is 4.79 Å². The van der Waals surface area contributed by atoms with Crippen LogP contribution in [0.2, 0.25) is 0 Å². The molecular formula is C22H26N4O3S. The summed E-state index contributed by atoms with van der Waals surface area (Å²) in [7, 11) is 3.01. The van der Waals surface area contributed by atoms with Crippen molar-refractivity contribution in [1.82, 2.24) is 19.1 Å². The zero-order valence-corrected chi connectivity index (χ0v) is 19.2. The fraction of sp³-hybridized carbons (Fsp3) is 0.409. The fourth-order valence-electron chi connectivity index (χ4n) is 3.12. The van der Waals surface area contributed by atoms with Crippen molar-refractivity contribution in [2.75, 3.05) is 5.75 Å². The van der Waals surface area contributed by atoms with Crippen molar-refractivity contribution in [3.05, 3.63) is 61.6 Å². The summed E-state index contributed by atoms with van der Waals surface area (Å²) in [5.41, 5.74) is 1.57. The SMILES string of the molecule is Cc1ccc(C)c(C(=O)CSc2nc(C(C)(C)C)nc3c2c(=O)n(C)c(=O)n3C)c1. The van der Waals surface area contributed by atoms with Crippen LogP contribution in [0.1, 0.15) is 48.1 Å². The standard InChI is InChI=1S/C22H26N4O3S/c1-12-8-9-13(2)14(10-12)15(27)11-30-18-16-17(23-20(24-18)22(3,4)5)25(6)21(29)26(7)19(16)28/h8-10H,11H2,1-7H3. The van der Waals surface area contributed by atoms with Gasteiger partial charge in [0.15, 0.2) is 11.4 Å². The van der Waals surface area contributed by atoms with Gasteiger partial charge in [-0.05, 0) is 25.5 Å². The van der Waals surface area contributed by atoms with Crippen molar-refractivity contribution in [3.63, 3.8) is 0 Å². The van der Waals surface area contributed by atoms with Gasteiger partial charge in [0, 0.05) is 25.1 Å². The highest BCUT2D eigenvalue weighted by atomic mass is 32.2. The van der Waals surface area contributed by atoms with E-state index < -0.39 is 16.7 Å². The van der Waals surface area contributed by atoms with E-state index in [1.807, 2.05) is 52.8 Å². The number of rotatable bonds is 4. The highest BCUT2D eigenvalue weighted by molar-refractivity contribution is 8.00. The monoisotopic (exact) mass is 426 g/mol. The van der Waals surface area contributed by atoms with Gasteiger partial charge in [-0.3, -0.25) is 18.7 Å². The highest BCUT2D eigenvalue weighted by Crippen LogP contribution is 2.27. The Balaban J connectivity index is 2.14. The topological polar surface area (TPSA) is 86.8 Å². The maximum Gasteiger partial charge on any atom is 0.332 e. The Morgan fingerprint density at radius 3 is 2.37 bits per heavy atom. The number of aromatic nitrogens is 4. The number of ketones is 1. The highest BCUT2D eigenvalue weighted by Gasteiger charge is 2.24. The summed E-state index contributed by atoms with van der Waals surface area (Å²) >= 11 is 1.21. The summed E-state index contributed by atoms with van der Waals surface area (Å²) in [4.78, 5) is 47.3. The van der Waals surface area contributed by atoms with E-state index in [2.05, 4.69) is 9.97 Å². The summed E-state index contributed by atoms with van der Waals surface area (Å²) < 4.78 is 2.39. The van der Waals surface area contributed by atoms with E-state index in [0.717, 1.165) is 15.7 Å². The number of aryl methyl sites for hydroxylation is 3. The average Bonchev–Trinajstić information content (AvgIpc) is 2.69. The summed E-state index contributed by atoms with van der Waals surface area (Å²) in [6, 6.07) is 5.77. The second kappa shape index (κ2) is 7.83. The molecule has 0 bridgehead atoms. The lowest BCUT2D eigenvalue weighted by atomic mass is 9.96. The molecule has 0 atom stereocenters. The van der Waals surface area contributed by atoms with Crippen LogP contribution in [0.4, 0.5) is 0 Å². The van der Waals surface area contributed by atoms with E-state index in [1.165, 1.54) is 23.4 Å². The van der Waals surface area contributed by atoms with Crippen molar-refractivity contribution >= 4 is 28.6 Å². The first-order valence-corrected chi connectivity index (χ1v) is 10.6. The van der Waals surface area contributed by atoms with Crippen LogP contribution >= 0.6 is 11.8 Å². The Morgan fingerprint density at radius 2 is 1.73 bits per heavy atom. The lowest BCUT2D eigenvalue weighted by Crippen LogP contribution is -2.38. The van der Waals surface area contributed by atoms with Crippen LogP contribution in [-0.4, -0.2) is 30.6 Å². The quantitative estimate of drug-likeness (QED) is 0.362. The summed E-state index contributed by atoms with van der Waals surface area (Å²) in [5, 5.41) is 0.672. The molecule has 0 radical (unpaired) electrons. The molecule has 0 aliphatic rings. The number of thioether (sulfide) groups is 1. The van der Waals surface area contributed by atoms with E-state index >= 15 is 0 Å². The first kappa shape index (κ1) is 22.0. The van der Waals surface area contributed by atoms with Crippen molar-refractivity contribution in [2.45, 2.75) is 45.1 Å². The van der Waals surface area contributed by atoms with E-state index in [9.17, 15) is 14.4 Å². The number of carbonyl (C=O) groups excluding carboxylic acids is 1. The van der Waals surface area contributed by atoms with Gasteiger partial charge in [-0.15, -0.1) is 0 Å². The van der Waals surface area contributed by atoms with Crippen LogP contribution in [0.15, 0.2) is 32.8 Å². The Hall–Kier alpha value is -2.74. The number of benzene rings is 1. The smallest absolute Gasteiger partial charge is 0.293 e. The van der Waals surface area contributed by atoms with Crippen LogP contribution in [0.25, 0.3) is 11.0 Å². The third kappa shape index (κ3) is 3.96. The second-order valence-electron chi connectivity index (χ2n) is 8.54. The number of carbonyl (C=O) groups is 1. The minimum Gasteiger partial charge on any atom is -0.293 e. The molecule has 30 heavy (non-hydrogen) atoms. The molecule has 0 saturated heterocycles. The van der Waals surface area contributed by atoms with Gasteiger partial charge in [-0.25, -0.2) is 14.8 Å². The molecule has 158 valence electrons. The van der Waals surface area contributed by atoms with Gasteiger partial charge in [-0.1, -0.05) is 50.2 Å². The van der Waals surface area contributed by atoms with E-state index in [1.54, 1.807) is 7.05 Å². The molecule has 8 heteroatoms. The Bertz CT molecular complexity index is 1280. The zero-order valence-electron chi connectivity index (χ0n) is 18.4. The fourth-order valence-corrected chi connectivity index (χ4v) is 4.01. The summed E-state index contributed by atoms with van der Waals surface area (Å²) in [6.45, 7) is 9.73. The second-order valence-corrected chi connectivity index (χ2v) is 9.50. The van der Waals surface area contributed by atoms with Gasteiger partial charge in [0.25, 0.3) is 5.56 Å². The minimum absolute atomic E-state index is 0.0353. The van der Waals surface area contributed by atoms with Crippen LogP contribution in [0.3, 0.4) is 0 Å². The largest absolute Gasteiger partial charge is 0.332 e. The van der Waals surface area contributed by atoms with Gasteiger partial charge in [-0.2, -0.15) is 0 Å². The third-order valence-electron chi connectivity index (χ3n) is 4.97. The van der Waals surface area contributed by atoms with E-state index in [0.29, 0.717) is 16.4 Å². The van der Waals surface area contributed by atoms with E-state index in [-0.39, 0.29) is 22.6 Å². The summed E-state index contributed by atoms with van der Waals surface area (Å²) in [5.74, 6) is 0.610. The number of Topliss-reactive ketones (excluding diaryl/α,β-unsaturated/α-hetero) is 1. The third-order valence-corrected chi connectivity index (χ3v) is 5.95. The van der Waals surface area contributed by atoms with Crippen LogP contribution < -0.4 is 11.2 Å². The lowest BCUT2D eigenvalue weighted by Gasteiger charge is -2.19. The molecule has 3 aromatic rings. The Kier molecular flexibility index (Phi) is 5.73. The Labute approximate surface area is 179 Å². The molecule has 3 rings (SSSR count). The van der Waals surface area contributed by atoms with Crippen LogP contribution in [0, 0.1) is 13.8 Å². The molecule has 0 saturated carbocycles. The first-order valence-electron chi connectivity index (χ1n) is 9.63. The van der Waals surface area contributed by atoms with Gasteiger partial charge in [0.05, 0.1) is 5.75 Å². The van der Waals surface area contributed by atoms with Crippen molar-refractivity contribution in [2.24, 2.45) is 14.1 Å². The van der Waals surface area contributed by atoms with E-state index in [4.69, 9.17) is 0 Å². The minimum atomic E-state index is -0.463. The van der Waals surface area contributed by atoms with Crippen LogP contribution in [-0.2, 0) is 19.5 Å². The number of nitrogens with zero attached hydrogens (tertiary/aromatic N) is 4.